The maximum absolute atomic E-state index is 12.1. The minimum atomic E-state index is -0.108. The average Bonchev–Trinajstić information content (AvgIpc) is 2.64. The number of rotatable bonds is 8. The van der Waals surface area contributed by atoms with Gasteiger partial charge in [-0.2, -0.15) is 0 Å². The maximum Gasteiger partial charge on any atom is 0.251 e. The van der Waals surface area contributed by atoms with Gasteiger partial charge in [0.1, 0.15) is 0 Å². The van der Waals surface area contributed by atoms with Gasteiger partial charge >= 0.3 is 0 Å². The lowest BCUT2D eigenvalue weighted by atomic mass is 10.1. The van der Waals surface area contributed by atoms with Gasteiger partial charge in [0.25, 0.3) is 5.91 Å². The quantitative estimate of drug-likeness (QED) is 0.645. The van der Waals surface area contributed by atoms with Crippen molar-refractivity contribution in [3.8, 4) is 0 Å². The molecule has 6 heteroatoms. The summed E-state index contributed by atoms with van der Waals surface area (Å²) in [7, 11) is 0. The standard InChI is InChI=1S/C21H26ClN3O2/c1-14(2)11-25-21(27)17-6-9-19(15(3)10-17)23-13-20(26)24-12-16-4-7-18(22)8-5-16/h4-10,14,23H,11-13H2,1-3H3,(H,24,26)(H,25,27). The number of hydrogen-bond donors (Lipinski definition) is 3. The van der Waals surface area contributed by atoms with E-state index in [0.717, 1.165) is 16.8 Å². The molecule has 0 spiro atoms. The van der Waals surface area contributed by atoms with Crippen molar-refractivity contribution in [2.24, 2.45) is 5.92 Å². The number of aryl methyl sites for hydroxylation is 1. The number of amides is 2. The van der Waals surface area contributed by atoms with Crippen LogP contribution in [-0.2, 0) is 11.3 Å². The fraction of sp³-hybridized carbons (Fsp3) is 0.333. The van der Waals surface area contributed by atoms with E-state index in [1.165, 1.54) is 0 Å². The lowest BCUT2D eigenvalue weighted by Gasteiger charge is -2.12. The van der Waals surface area contributed by atoms with E-state index in [9.17, 15) is 9.59 Å². The average molecular weight is 388 g/mol. The summed E-state index contributed by atoms with van der Waals surface area (Å²) in [5.74, 6) is 0.213. The fourth-order valence-electron chi connectivity index (χ4n) is 2.44. The van der Waals surface area contributed by atoms with Crippen LogP contribution in [0.25, 0.3) is 0 Å². The van der Waals surface area contributed by atoms with Crippen LogP contribution in [0, 0.1) is 12.8 Å². The first-order valence-corrected chi connectivity index (χ1v) is 9.37. The molecule has 2 amide bonds. The van der Waals surface area contributed by atoms with Gasteiger partial charge in [0.15, 0.2) is 0 Å². The molecule has 0 aliphatic rings. The third kappa shape index (κ3) is 6.94. The van der Waals surface area contributed by atoms with E-state index >= 15 is 0 Å². The Hall–Kier alpha value is -2.53. The van der Waals surface area contributed by atoms with Gasteiger partial charge in [-0.25, -0.2) is 0 Å². The summed E-state index contributed by atoms with van der Waals surface area (Å²) >= 11 is 5.85. The molecular formula is C21H26ClN3O2. The van der Waals surface area contributed by atoms with Gasteiger partial charge in [0.2, 0.25) is 5.91 Å². The number of carbonyl (C=O) groups excluding carboxylic acids is 2. The molecule has 0 unspecified atom stereocenters. The Morgan fingerprint density at radius 3 is 2.37 bits per heavy atom. The molecule has 27 heavy (non-hydrogen) atoms. The Morgan fingerprint density at radius 2 is 1.74 bits per heavy atom. The first-order valence-electron chi connectivity index (χ1n) is 8.99. The molecular weight excluding hydrogens is 362 g/mol. The summed E-state index contributed by atoms with van der Waals surface area (Å²) in [5, 5.41) is 9.54. The fourth-order valence-corrected chi connectivity index (χ4v) is 2.57. The van der Waals surface area contributed by atoms with Crippen LogP contribution in [-0.4, -0.2) is 24.9 Å². The smallest absolute Gasteiger partial charge is 0.251 e. The van der Waals surface area contributed by atoms with E-state index in [4.69, 9.17) is 11.6 Å². The Balaban J connectivity index is 1.83. The number of benzene rings is 2. The van der Waals surface area contributed by atoms with Crippen LogP contribution in [0.4, 0.5) is 5.69 Å². The van der Waals surface area contributed by atoms with Crippen molar-refractivity contribution in [2.45, 2.75) is 27.3 Å². The minimum Gasteiger partial charge on any atom is -0.376 e. The zero-order valence-corrected chi connectivity index (χ0v) is 16.7. The van der Waals surface area contributed by atoms with Crippen LogP contribution in [0.1, 0.15) is 35.3 Å². The monoisotopic (exact) mass is 387 g/mol. The molecule has 0 aromatic heterocycles. The summed E-state index contributed by atoms with van der Waals surface area (Å²) in [6, 6.07) is 12.8. The second-order valence-corrected chi connectivity index (χ2v) is 7.33. The van der Waals surface area contributed by atoms with Crippen molar-refractivity contribution in [1.29, 1.82) is 0 Å². The summed E-state index contributed by atoms with van der Waals surface area (Å²) in [6.07, 6.45) is 0. The Bertz CT molecular complexity index is 789. The van der Waals surface area contributed by atoms with Gasteiger partial charge in [0.05, 0.1) is 6.54 Å². The second kappa shape index (κ2) is 9.97. The largest absolute Gasteiger partial charge is 0.376 e. The number of anilines is 1. The molecule has 0 saturated carbocycles. The molecule has 0 fully saturated rings. The van der Waals surface area contributed by atoms with Crippen LogP contribution < -0.4 is 16.0 Å². The maximum atomic E-state index is 12.1. The van der Waals surface area contributed by atoms with Gasteiger partial charge in [-0.15, -0.1) is 0 Å². The molecule has 3 N–H and O–H groups in total. The van der Waals surface area contributed by atoms with E-state index in [-0.39, 0.29) is 18.4 Å². The number of carbonyl (C=O) groups is 2. The van der Waals surface area contributed by atoms with Crippen molar-refractivity contribution in [1.82, 2.24) is 10.6 Å². The lowest BCUT2D eigenvalue weighted by molar-refractivity contribution is -0.119. The highest BCUT2D eigenvalue weighted by Crippen LogP contribution is 2.16. The van der Waals surface area contributed by atoms with E-state index < -0.39 is 0 Å². The highest BCUT2D eigenvalue weighted by atomic mass is 35.5. The summed E-state index contributed by atoms with van der Waals surface area (Å²) < 4.78 is 0. The van der Waals surface area contributed by atoms with Crippen molar-refractivity contribution < 1.29 is 9.59 Å². The van der Waals surface area contributed by atoms with Gasteiger partial charge in [-0.3, -0.25) is 9.59 Å². The molecule has 2 aromatic carbocycles. The zero-order chi connectivity index (χ0) is 19.8. The van der Waals surface area contributed by atoms with Crippen molar-refractivity contribution in [3.05, 3.63) is 64.2 Å². The highest BCUT2D eigenvalue weighted by molar-refractivity contribution is 6.30. The van der Waals surface area contributed by atoms with Gasteiger partial charge in [-0.1, -0.05) is 37.6 Å². The van der Waals surface area contributed by atoms with Crippen molar-refractivity contribution in [3.63, 3.8) is 0 Å². The first-order chi connectivity index (χ1) is 12.8. The Labute approximate surface area is 165 Å². The highest BCUT2D eigenvalue weighted by Gasteiger charge is 2.09. The molecule has 0 atom stereocenters. The van der Waals surface area contributed by atoms with E-state index in [1.807, 2.05) is 31.2 Å². The first kappa shape index (κ1) is 20.8. The Kier molecular flexibility index (Phi) is 7.67. The van der Waals surface area contributed by atoms with Crippen LogP contribution in [0.3, 0.4) is 0 Å². The van der Waals surface area contributed by atoms with Crippen LogP contribution in [0.2, 0.25) is 5.02 Å². The van der Waals surface area contributed by atoms with Crippen molar-refractivity contribution >= 4 is 29.1 Å². The zero-order valence-electron chi connectivity index (χ0n) is 15.9. The normalized spacial score (nSPS) is 10.6. The van der Waals surface area contributed by atoms with E-state index in [1.54, 1.807) is 18.2 Å². The number of hydrogen-bond acceptors (Lipinski definition) is 3. The van der Waals surface area contributed by atoms with Crippen molar-refractivity contribution in [2.75, 3.05) is 18.4 Å². The number of nitrogens with one attached hydrogen (secondary N) is 3. The molecule has 5 nitrogen and oxygen atoms in total. The summed E-state index contributed by atoms with van der Waals surface area (Å²) in [6.45, 7) is 7.27. The molecule has 0 bridgehead atoms. The third-order valence-electron chi connectivity index (χ3n) is 4.00. The summed E-state index contributed by atoms with van der Waals surface area (Å²) in [4.78, 5) is 24.1. The molecule has 0 radical (unpaired) electrons. The molecule has 0 aliphatic heterocycles. The predicted molar refractivity (Wildman–Crippen MR) is 110 cm³/mol. The number of halogens is 1. The molecule has 0 heterocycles. The van der Waals surface area contributed by atoms with E-state index in [0.29, 0.717) is 29.6 Å². The molecule has 0 saturated heterocycles. The van der Waals surface area contributed by atoms with Gasteiger partial charge in [-0.05, 0) is 54.3 Å². The topological polar surface area (TPSA) is 70.2 Å². The van der Waals surface area contributed by atoms with Crippen LogP contribution >= 0.6 is 11.6 Å². The molecule has 2 aromatic rings. The van der Waals surface area contributed by atoms with Gasteiger partial charge < -0.3 is 16.0 Å². The SMILES string of the molecule is Cc1cc(C(=O)NCC(C)C)ccc1NCC(=O)NCc1ccc(Cl)cc1. The van der Waals surface area contributed by atoms with E-state index in [2.05, 4.69) is 29.8 Å². The lowest BCUT2D eigenvalue weighted by Crippen LogP contribution is -2.29. The Morgan fingerprint density at radius 1 is 1.04 bits per heavy atom. The molecule has 144 valence electrons. The molecule has 0 aliphatic carbocycles. The third-order valence-corrected chi connectivity index (χ3v) is 4.25. The second-order valence-electron chi connectivity index (χ2n) is 6.89. The van der Waals surface area contributed by atoms with Crippen LogP contribution in [0.5, 0.6) is 0 Å². The van der Waals surface area contributed by atoms with Crippen LogP contribution in [0.15, 0.2) is 42.5 Å². The molecule has 2 rings (SSSR count). The van der Waals surface area contributed by atoms with Gasteiger partial charge in [0, 0.05) is 29.4 Å². The predicted octanol–water partition coefficient (Wildman–Crippen LogP) is 3.76. The minimum absolute atomic E-state index is 0.0842. The summed E-state index contributed by atoms with van der Waals surface area (Å²) in [5.41, 5.74) is 3.35.